The van der Waals surface area contributed by atoms with Crippen molar-refractivity contribution in [1.29, 1.82) is 0 Å². The van der Waals surface area contributed by atoms with Crippen molar-refractivity contribution in [2.75, 3.05) is 0 Å². The summed E-state index contributed by atoms with van der Waals surface area (Å²) in [7, 11) is 0. The molecule has 1 aliphatic carbocycles. The molecule has 0 fully saturated rings. The zero-order valence-corrected chi connectivity index (χ0v) is 13.7. The van der Waals surface area contributed by atoms with Gasteiger partial charge < -0.3 is 0 Å². The molecule has 0 aromatic rings. The summed E-state index contributed by atoms with van der Waals surface area (Å²) in [4.78, 5) is 0. The Morgan fingerprint density at radius 1 is 1.07 bits per heavy atom. The van der Waals surface area contributed by atoms with Crippen molar-refractivity contribution in [2.45, 2.75) is 48.0 Å². The molecule has 84 valence electrons. The van der Waals surface area contributed by atoms with Crippen molar-refractivity contribution in [2.24, 2.45) is 10.8 Å². The van der Waals surface area contributed by atoms with Crippen LogP contribution in [0.1, 0.15) is 48.0 Å². The minimum absolute atomic E-state index is 0.325. The molecule has 1 rings (SSSR count). The molecular weight excluding hydrogens is 352 g/mol. The molecule has 0 aliphatic heterocycles. The van der Waals surface area contributed by atoms with E-state index in [1.807, 2.05) is 0 Å². The summed E-state index contributed by atoms with van der Waals surface area (Å²) in [5, 5.41) is 0. The van der Waals surface area contributed by atoms with Crippen LogP contribution in [0, 0.1) is 10.8 Å². The third-order valence-corrected chi connectivity index (χ3v) is 5.94. The van der Waals surface area contributed by atoms with E-state index in [0.717, 1.165) is 0 Å². The quantitative estimate of drug-likeness (QED) is 0.650. The Hall–Kier alpha value is 0.0383. The van der Waals surface area contributed by atoms with Crippen molar-refractivity contribution in [3.05, 3.63) is 23.3 Å². The van der Waals surface area contributed by atoms with E-state index in [9.17, 15) is 0 Å². The maximum absolute atomic E-state index is 2.33. The van der Waals surface area contributed by atoms with Gasteiger partial charge in [0.05, 0.1) is 0 Å². The molecule has 1 aliphatic rings. The SMILES string of the molecule is CC(C)(C)[C](=[W])C1=CC=C(C(C)(C)C)C1. The molecule has 0 nitrogen and oxygen atoms in total. The van der Waals surface area contributed by atoms with Gasteiger partial charge in [0, 0.05) is 0 Å². The molecule has 0 bridgehead atoms. The van der Waals surface area contributed by atoms with Crippen molar-refractivity contribution < 1.29 is 19.4 Å². The van der Waals surface area contributed by atoms with Gasteiger partial charge in [0.25, 0.3) is 0 Å². The van der Waals surface area contributed by atoms with Gasteiger partial charge >= 0.3 is 105 Å². The topological polar surface area (TPSA) is 0 Å². The average molecular weight is 374 g/mol. The second-order valence-electron chi connectivity index (χ2n) is 6.39. The average Bonchev–Trinajstić information content (AvgIpc) is 2.47. The molecule has 0 heterocycles. The normalized spacial score (nSPS) is 17.5. The van der Waals surface area contributed by atoms with E-state index in [1.165, 1.54) is 6.42 Å². The summed E-state index contributed by atoms with van der Waals surface area (Å²) < 4.78 is 1.61. The third-order valence-electron chi connectivity index (χ3n) is 2.80. The zero-order valence-electron chi connectivity index (χ0n) is 10.8. The molecule has 0 unspecified atom stereocenters. The van der Waals surface area contributed by atoms with E-state index < -0.39 is 0 Å². The van der Waals surface area contributed by atoms with Crippen LogP contribution < -0.4 is 0 Å². The van der Waals surface area contributed by atoms with Crippen molar-refractivity contribution in [3.8, 4) is 0 Å². The summed E-state index contributed by atoms with van der Waals surface area (Å²) in [6.07, 6.45) is 5.82. The van der Waals surface area contributed by atoms with Gasteiger partial charge in [-0.05, 0) is 0 Å². The van der Waals surface area contributed by atoms with Gasteiger partial charge in [-0.15, -0.1) is 0 Å². The Morgan fingerprint density at radius 2 is 1.60 bits per heavy atom. The van der Waals surface area contributed by atoms with Crippen LogP contribution in [-0.4, -0.2) is 3.90 Å². The maximum atomic E-state index is 2.33. The van der Waals surface area contributed by atoms with Crippen LogP contribution >= 0.6 is 0 Å². The summed E-state index contributed by atoms with van der Waals surface area (Å²) >= 11 is 1.62. The fraction of sp³-hybridized carbons (Fsp3) is 0.643. The van der Waals surface area contributed by atoms with Crippen molar-refractivity contribution >= 4 is 3.90 Å². The van der Waals surface area contributed by atoms with Gasteiger partial charge in [0.15, 0.2) is 0 Å². The van der Waals surface area contributed by atoms with Crippen LogP contribution in [0.5, 0.6) is 0 Å². The predicted molar refractivity (Wildman–Crippen MR) is 64.7 cm³/mol. The Morgan fingerprint density at radius 3 is 1.93 bits per heavy atom. The Labute approximate surface area is 105 Å². The van der Waals surface area contributed by atoms with Gasteiger partial charge in [-0.25, -0.2) is 0 Å². The molecule has 0 atom stereocenters. The molecule has 0 amide bonds. The minimum atomic E-state index is 0.325. The summed E-state index contributed by atoms with van der Waals surface area (Å²) in [6.45, 7) is 13.8. The summed E-state index contributed by atoms with van der Waals surface area (Å²) in [5.74, 6) is 0. The van der Waals surface area contributed by atoms with Gasteiger partial charge in [0.1, 0.15) is 0 Å². The first kappa shape index (κ1) is 13.1. The fourth-order valence-electron chi connectivity index (χ4n) is 1.68. The first-order valence-corrected chi connectivity index (χ1v) is 7.04. The standard InChI is InChI=1S/C14H22.W/c1-13(2,3)10-11-7-8-12(9-11)14(4,5)6;/h7-8H,9H2,1-6H3;. The van der Waals surface area contributed by atoms with E-state index >= 15 is 0 Å². The van der Waals surface area contributed by atoms with Crippen molar-refractivity contribution in [1.82, 2.24) is 0 Å². The van der Waals surface area contributed by atoms with Gasteiger partial charge in [0.2, 0.25) is 0 Å². The first-order valence-electron chi connectivity index (χ1n) is 5.57. The Bertz CT molecular complexity index is 329. The molecule has 0 radical (unpaired) electrons. The van der Waals surface area contributed by atoms with Crippen LogP contribution in [0.15, 0.2) is 23.3 Å². The van der Waals surface area contributed by atoms with Crippen LogP contribution in [-0.2, 0) is 19.4 Å². The second-order valence-corrected chi connectivity index (χ2v) is 7.86. The number of allylic oxidation sites excluding steroid dienone is 4. The predicted octanol–water partition coefficient (Wildman–Crippen LogP) is 4.05. The monoisotopic (exact) mass is 374 g/mol. The molecule has 0 saturated carbocycles. The van der Waals surface area contributed by atoms with Crippen LogP contribution in [0.2, 0.25) is 0 Å². The number of hydrogen-bond donors (Lipinski definition) is 0. The van der Waals surface area contributed by atoms with E-state index in [2.05, 4.69) is 53.7 Å². The second kappa shape index (κ2) is 4.13. The van der Waals surface area contributed by atoms with Crippen LogP contribution in [0.25, 0.3) is 0 Å². The van der Waals surface area contributed by atoms with Gasteiger partial charge in [-0.1, -0.05) is 0 Å². The van der Waals surface area contributed by atoms with Crippen molar-refractivity contribution in [3.63, 3.8) is 0 Å². The van der Waals surface area contributed by atoms with Gasteiger partial charge in [-0.3, -0.25) is 0 Å². The van der Waals surface area contributed by atoms with E-state index in [-0.39, 0.29) is 0 Å². The third kappa shape index (κ3) is 3.25. The molecule has 0 aromatic carbocycles. The van der Waals surface area contributed by atoms with E-state index in [0.29, 0.717) is 10.8 Å². The van der Waals surface area contributed by atoms with Gasteiger partial charge in [-0.2, -0.15) is 0 Å². The first-order chi connectivity index (χ1) is 6.62. The molecule has 0 spiro atoms. The Kier molecular flexibility index (Phi) is 3.61. The van der Waals surface area contributed by atoms with E-state index in [1.54, 1.807) is 34.4 Å². The molecule has 15 heavy (non-hydrogen) atoms. The molecule has 0 saturated heterocycles. The van der Waals surface area contributed by atoms with E-state index in [4.69, 9.17) is 0 Å². The van der Waals surface area contributed by atoms with Crippen LogP contribution in [0.4, 0.5) is 0 Å². The zero-order chi connectivity index (χ0) is 11.9. The molecule has 1 heteroatoms. The number of hydrogen-bond acceptors (Lipinski definition) is 0. The molecule has 0 aromatic heterocycles. The number of rotatable bonds is 1. The summed E-state index contributed by atoms with van der Waals surface area (Å²) in [6, 6.07) is 0. The molecule has 0 N–H and O–H groups in total. The fourth-order valence-corrected chi connectivity index (χ4v) is 2.18. The summed E-state index contributed by atoms with van der Waals surface area (Å²) in [5.41, 5.74) is 3.79. The Balaban J connectivity index is 2.74. The molecular formula is C14H22W. The van der Waals surface area contributed by atoms with Crippen LogP contribution in [0.3, 0.4) is 0 Å².